The molecule has 0 aromatic heterocycles. The lowest BCUT2D eigenvalue weighted by Crippen LogP contribution is -2.45. The van der Waals surface area contributed by atoms with Crippen molar-refractivity contribution >= 4 is 18.2 Å². The third-order valence-corrected chi connectivity index (χ3v) is 4.88. The fourth-order valence-corrected chi connectivity index (χ4v) is 3.31. The van der Waals surface area contributed by atoms with Crippen LogP contribution >= 0.6 is 11.8 Å². The smallest absolute Gasteiger partial charge is 0.209 e. The second-order valence-corrected chi connectivity index (χ2v) is 6.27. The summed E-state index contributed by atoms with van der Waals surface area (Å²) >= 11 is 1.84. The number of amides is 1. The van der Waals surface area contributed by atoms with Crippen LogP contribution in [0.4, 0.5) is 0 Å². The van der Waals surface area contributed by atoms with Gasteiger partial charge in [-0.2, -0.15) is 0 Å². The zero-order valence-corrected chi connectivity index (χ0v) is 13.1. The van der Waals surface area contributed by atoms with Gasteiger partial charge in [-0.25, -0.2) is 0 Å². The van der Waals surface area contributed by atoms with Crippen LogP contribution in [-0.2, 0) is 4.79 Å². The van der Waals surface area contributed by atoms with Gasteiger partial charge < -0.3 is 9.80 Å². The molecule has 1 fully saturated rings. The van der Waals surface area contributed by atoms with Crippen molar-refractivity contribution < 1.29 is 4.79 Å². The highest BCUT2D eigenvalue weighted by Crippen LogP contribution is 2.25. The van der Waals surface area contributed by atoms with Crippen molar-refractivity contribution in [1.29, 1.82) is 0 Å². The Bertz CT molecular complexity index is 493. The minimum Gasteiger partial charge on any atom is -0.371 e. The molecule has 0 spiro atoms. The van der Waals surface area contributed by atoms with Gasteiger partial charge in [-0.1, -0.05) is 24.3 Å². The Morgan fingerprint density at radius 3 is 2.60 bits per heavy atom. The minimum atomic E-state index is 0.802. The van der Waals surface area contributed by atoms with E-state index >= 15 is 0 Å². The quantitative estimate of drug-likeness (QED) is 0.615. The van der Waals surface area contributed by atoms with Gasteiger partial charge in [0.25, 0.3) is 0 Å². The number of nitrogens with zero attached hydrogens (tertiary/aromatic N) is 2. The van der Waals surface area contributed by atoms with Crippen molar-refractivity contribution in [3.63, 3.8) is 0 Å². The molecular formula is C16H22N2OS. The normalized spacial score (nSPS) is 15.3. The Balaban J connectivity index is 1.85. The van der Waals surface area contributed by atoms with Gasteiger partial charge in [0.2, 0.25) is 6.41 Å². The van der Waals surface area contributed by atoms with Gasteiger partial charge >= 0.3 is 0 Å². The number of aryl methyl sites for hydroxylation is 2. The first-order chi connectivity index (χ1) is 9.60. The fourth-order valence-electron chi connectivity index (χ4n) is 2.36. The minimum absolute atomic E-state index is 0.802. The highest BCUT2D eigenvalue weighted by molar-refractivity contribution is 7.99. The van der Waals surface area contributed by atoms with E-state index in [4.69, 9.17) is 0 Å². The molecule has 1 aromatic carbocycles. The molecular weight excluding hydrogens is 268 g/mol. The van der Waals surface area contributed by atoms with E-state index in [-0.39, 0.29) is 0 Å². The van der Waals surface area contributed by atoms with Crippen LogP contribution in [-0.4, -0.2) is 48.1 Å². The van der Waals surface area contributed by atoms with Crippen molar-refractivity contribution in [2.24, 2.45) is 0 Å². The molecule has 1 aromatic rings. The van der Waals surface area contributed by atoms with Crippen LogP contribution in [0.25, 0.3) is 0 Å². The lowest BCUT2D eigenvalue weighted by molar-refractivity contribution is -0.119. The van der Waals surface area contributed by atoms with E-state index in [0.29, 0.717) is 0 Å². The lowest BCUT2D eigenvalue weighted by atomic mass is 10.2. The number of hydrogen-bond acceptors (Lipinski definition) is 3. The summed E-state index contributed by atoms with van der Waals surface area (Å²) in [6, 6.07) is 6.56. The Morgan fingerprint density at radius 1 is 1.30 bits per heavy atom. The van der Waals surface area contributed by atoms with Gasteiger partial charge in [-0.15, -0.1) is 11.8 Å². The molecule has 1 aliphatic rings. The van der Waals surface area contributed by atoms with E-state index in [1.54, 1.807) is 0 Å². The molecule has 20 heavy (non-hydrogen) atoms. The maximum absolute atomic E-state index is 10.7. The van der Waals surface area contributed by atoms with Crippen LogP contribution in [0.3, 0.4) is 0 Å². The molecule has 1 amide bonds. The zero-order chi connectivity index (χ0) is 14.5. The van der Waals surface area contributed by atoms with Crippen molar-refractivity contribution in [2.45, 2.75) is 18.7 Å². The highest BCUT2D eigenvalue weighted by Gasteiger charge is 2.16. The number of hydrogen-bond donors (Lipinski definition) is 0. The maximum atomic E-state index is 10.7. The standard InChI is InChI=1S/C16H22N2OS/c1-13-4-5-16(14(2)10-13)20-11-15(3)18-8-6-17(12-19)7-9-18/h4-5,10,12H,3,6-9,11H2,1-2H3. The van der Waals surface area contributed by atoms with E-state index in [1.807, 2.05) is 16.7 Å². The van der Waals surface area contributed by atoms with Crippen LogP contribution in [0.5, 0.6) is 0 Å². The summed E-state index contributed by atoms with van der Waals surface area (Å²) in [5, 5.41) is 0. The number of carbonyl (C=O) groups is 1. The Morgan fingerprint density at radius 2 is 2.00 bits per heavy atom. The first-order valence-electron chi connectivity index (χ1n) is 6.92. The summed E-state index contributed by atoms with van der Waals surface area (Å²) in [4.78, 5) is 16.1. The lowest BCUT2D eigenvalue weighted by Gasteiger charge is -2.35. The fraction of sp³-hybridized carbons (Fsp3) is 0.438. The van der Waals surface area contributed by atoms with Gasteiger partial charge in [0.05, 0.1) is 0 Å². The summed E-state index contributed by atoms with van der Waals surface area (Å²) in [5.74, 6) is 0.908. The third-order valence-electron chi connectivity index (χ3n) is 3.64. The molecule has 0 unspecified atom stereocenters. The molecule has 1 aliphatic heterocycles. The van der Waals surface area contributed by atoms with E-state index in [1.165, 1.54) is 16.0 Å². The maximum Gasteiger partial charge on any atom is 0.209 e. The van der Waals surface area contributed by atoms with Crippen LogP contribution in [0, 0.1) is 13.8 Å². The van der Waals surface area contributed by atoms with E-state index in [2.05, 4.69) is 43.5 Å². The summed E-state index contributed by atoms with van der Waals surface area (Å²) in [6.45, 7) is 11.9. The molecule has 108 valence electrons. The van der Waals surface area contributed by atoms with Crippen molar-refractivity contribution in [3.05, 3.63) is 41.6 Å². The average molecular weight is 290 g/mol. The molecule has 3 nitrogen and oxygen atoms in total. The first kappa shape index (κ1) is 15.0. The molecule has 1 saturated heterocycles. The van der Waals surface area contributed by atoms with Gasteiger partial charge in [-0.05, 0) is 25.5 Å². The molecule has 0 bridgehead atoms. The number of thioether (sulfide) groups is 1. The van der Waals surface area contributed by atoms with Crippen LogP contribution < -0.4 is 0 Å². The summed E-state index contributed by atoms with van der Waals surface area (Å²) in [7, 11) is 0. The SMILES string of the molecule is C=C(CSc1ccc(C)cc1C)N1CCN(C=O)CC1. The second-order valence-electron chi connectivity index (χ2n) is 5.25. The molecule has 0 N–H and O–H groups in total. The summed E-state index contributed by atoms with van der Waals surface area (Å²) in [6.07, 6.45) is 0.935. The third kappa shape index (κ3) is 3.79. The Kier molecular flexibility index (Phi) is 5.12. The number of rotatable bonds is 5. The average Bonchev–Trinajstić information content (AvgIpc) is 2.46. The first-order valence-corrected chi connectivity index (χ1v) is 7.91. The number of piperazine rings is 1. The predicted molar refractivity (Wildman–Crippen MR) is 85.0 cm³/mol. The summed E-state index contributed by atoms with van der Waals surface area (Å²) < 4.78 is 0. The van der Waals surface area contributed by atoms with Crippen molar-refractivity contribution in [1.82, 2.24) is 9.80 Å². The topological polar surface area (TPSA) is 23.6 Å². The Labute approximate surface area is 125 Å². The summed E-state index contributed by atoms with van der Waals surface area (Å²) in [5.41, 5.74) is 3.78. The Hall–Kier alpha value is -1.42. The molecule has 0 radical (unpaired) electrons. The monoisotopic (exact) mass is 290 g/mol. The number of benzene rings is 1. The van der Waals surface area contributed by atoms with Gasteiger partial charge in [-0.3, -0.25) is 4.79 Å². The molecule has 1 heterocycles. The molecule has 2 rings (SSSR count). The van der Waals surface area contributed by atoms with Gasteiger partial charge in [0.1, 0.15) is 0 Å². The predicted octanol–water partition coefficient (Wildman–Crippen LogP) is 2.68. The molecule has 0 saturated carbocycles. The van der Waals surface area contributed by atoms with E-state index in [9.17, 15) is 4.79 Å². The zero-order valence-electron chi connectivity index (χ0n) is 12.3. The largest absolute Gasteiger partial charge is 0.371 e. The molecule has 0 aliphatic carbocycles. The van der Waals surface area contributed by atoms with Crippen LogP contribution in [0.15, 0.2) is 35.4 Å². The number of carbonyl (C=O) groups excluding carboxylic acids is 1. The molecule has 4 heteroatoms. The van der Waals surface area contributed by atoms with Gasteiger partial charge in [0.15, 0.2) is 0 Å². The van der Waals surface area contributed by atoms with E-state index < -0.39 is 0 Å². The highest BCUT2D eigenvalue weighted by atomic mass is 32.2. The molecule has 0 atom stereocenters. The van der Waals surface area contributed by atoms with Crippen LogP contribution in [0.1, 0.15) is 11.1 Å². The van der Waals surface area contributed by atoms with E-state index in [0.717, 1.165) is 44.0 Å². The second kappa shape index (κ2) is 6.84. The van der Waals surface area contributed by atoms with Crippen molar-refractivity contribution in [2.75, 3.05) is 31.9 Å². The van der Waals surface area contributed by atoms with Gasteiger partial charge in [0, 0.05) is 42.5 Å². The van der Waals surface area contributed by atoms with Crippen LogP contribution in [0.2, 0.25) is 0 Å². The van der Waals surface area contributed by atoms with Crippen molar-refractivity contribution in [3.8, 4) is 0 Å².